The van der Waals surface area contributed by atoms with Crippen molar-refractivity contribution in [2.75, 3.05) is 12.5 Å². The fraction of sp³-hybridized carbons (Fsp3) is 0.143. The summed E-state index contributed by atoms with van der Waals surface area (Å²) < 4.78 is 25.4. The first-order chi connectivity index (χ1) is 15.2. The van der Waals surface area contributed by atoms with Crippen molar-refractivity contribution in [1.29, 1.82) is 0 Å². The zero-order chi connectivity index (χ0) is 21.2. The zero-order valence-electron chi connectivity index (χ0n) is 16.1. The van der Waals surface area contributed by atoms with Crippen molar-refractivity contribution in [3.63, 3.8) is 0 Å². The number of carbonyl (C=O) groups is 1. The highest BCUT2D eigenvalue weighted by atomic mass is 32.2. The molecule has 3 heterocycles. The molecule has 1 aliphatic rings. The highest BCUT2D eigenvalue weighted by molar-refractivity contribution is 7.99. The summed E-state index contributed by atoms with van der Waals surface area (Å²) in [5.74, 6) is 1.09. The van der Waals surface area contributed by atoms with Crippen LogP contribution in [-0.4, -0.2) is 38.3 Å². The van der Waals surface area contributed by atoms with Crippen LogP contribution in [0, 0.1) is 5.82 Å². The summed E-state index contributed by atoms with van der Waals surface area (Å²) in [5.41, 5.74) is 2.91. The van der Waals surface area contributed by atoms with Crippen molar-refractivity contribution in [2.24, 2.45) is 0 Å². The van der Waals surface area contributed by atoms with E-state index < -0.39 is 0 Å². The number of halogens is 1. The topological polar surface area (TPSA) is 90.6 Å². The number of fused-ring (bicyclic) bond motifs is 2. The van der Waals surface area contributed by atoms with Gasteiger partial charge in [0.25, 0.3) is 0 Å². The summed E-state index contributed by atoms with van der Waals surface area (Å²) in [6.45, 7) is 0.592. The van der Waals surface area contributed by atoms with Gasteiger partial charge in [-0.25, -0.2) is 4.39 Å². The number of thioether (sulfide) groups is 1. The van der Waals surface area contributed by atoms with E-state index in [-0.39, 0.29) is 24.3 Å². The molecule has 5 rings (SSSR count). The van der Waals surface area contributed by atoms with Gasteiger partial charge < -0.3 is 14.8 Å². The molecule has 2 aromatic carbocycles. The minimum absolute atomic E-state index is 0.144. The van der Waals surface area contributed by atoms with Crippen molar-refractivity contribution < 1.29 is 18.7 Å². The maximum absolute atomic E-state index is 13.2. The third-order valence-corrected chi connectivity index (χ3v) is 5.55. The van der Waals surface area contributed by atoms with E-state index in [0.717, 1.165) is 11.1 Å². The van der Waals surface area contributed by atoms with Gasteiger partial charge in [0.1, 0.15) is 5.82 Å². The lowest BCUT2D eigenvalue weighted by Crippen LogP contribution is -2.24. The van der Waals surface area contributed by atoms with Crippen LogP contribution in [0.4, 0.5) is 4.39 Å². The molecule has 4 aromatic rings. The van der Waals surface area contributed by atoms with Crippen LogP contribution in [0.1, 0.15) is 5.56 Å². The molecule has 31 heavy (non-hydrogen) atoms. The van der Waals surface area contributed by atoms with Gasteiger partial charge in [-0.1, -0.05) is 17.8 Å². The third-order valence-electron chi connectivity index (χ3n) is 4.63. The summed E-state index contributed by atoms with van der Waals surface area (Å²) in [6.07, 6.45) is 0. The first kappa shape index (κ1) is 19.3. The summed E-state index contributed by atoms with van der Waals surface area (Å²) in [4.78, 5) is 12.3. The molecule has 0 fully saturated rings. The second kappa shape index (κ2) is 8.23. The SMILES string of the molecule is O=C(CSc1nnc2ccc(-c3ccc(F)cc3)nn12)NCc1ccc2c(c1)OCO2. The van der Waals surface area contributed by atoms with Crippen molar-refractivity contribution >= 4 is 23.3 Å². The minimum Gasteiger partial charge on any atom is -0.454 e. The highest BCUT2D eigenvalue weighted by Gasteiger charge is 2.14. The van der Waals surface area contributed by atoms with E-state index in [4.69, 9.17) is 9.47 Å². The van der Waals surface area contributed by atoms with Gasteiger partial charge in [-0.05, 0) is 54.1 Å². The van der Waals surface area contributed by atoms with Crippen LogP contribution in [0.3, 0.4) is 0 Å². The van der Waals surface area contributed by atoms with E-state index in [9.17, 15) is 9.18 Å². The Morgan fingerprint density at radius 1 is 1.06 bits per heavy atom. The molecule has 1 aliphatic heterocycles. The Morgan fingerprint density at radius 2 is 1.90 bits per heavy atom. The van der Waals surface area contributed by atoms with E-state index in [1.807, 2.05) is 18.2 Å². The van der Waals surface area contributed by atoms with Gasteiger partial charge >= 0.3 is 0 Å². The number of rotatable bonds is 6. The van der Waals surface area contributed by atoms with Crippen LogP contribution < -0.4 is 14.8 Å². The van der Waals surface area contributed by atoms with Gasteiger partial charge in [-0.2, -0.15) is 9.61 Å². The van der Waals surface area contributed by atoms with Gasteiger partial charge in [-0.3, -0.25) is 4.79 Å². The molecule has 1 amide bonds. The molecule has 0 unspecified atom stereocenters. The van der Waals surface area contributed by atoms with E-state index in [1.165, 1.54) is 23.9 Å². The van der Waals surface area contributed by atoms with Crippen LogP contribution in [-0.2, 0) is 11.3 Å². The van der Waals surface area contributed by atoms with Gasteiger partial charge in [-0.15, -0.1) is 10.2 Å². The van der Waals surface area contributed by atoms with Crippen molar-refractivity contribution in [3.8, 4) is 22.8 Å². The molecule has 10 heteroatoms. The summed E-state index contributed by atoms with van der Waals surface area (Å²) in [7, 11) is 0. The lowest BCUT2D eigenvalue weighted by Gasteiger charge is -2.06. The normalized spacial score (nSPS) is 12.3. The summed E-state index contributed by atoms with van der Waals surface area (Å²) in [5, 5.41) is 16.1. The zero-order valence-corrected chi connectivity index (χ0v) is 16.9. The Kier molecular flexibility index (Phi) is 5.13. The molecule has 8 nitrogen and oxygen atoms in total. The van der Waals surface area contributed by atoms with E-state index in [2.05, 4.69) is 20.6 Å². The first-order valence-corrected chi connectivity index (χ1v) is 10.4. The smallest absolute Gasteiger partial charge is 0.231 e. The van der Waals surface area contributed by atoms with Crippen LogP contribution in [0.2, 0.25) is 0 Å². The molecule has 0 aliphatic carbocycles. The molecular formula is C21H16FN5O3S. The Labute approximate surface area is 180 Å². The second-order valence-corrected chi connectivity index (χ2v) is 7.67. The Hall–Kier alpha value is -3.66. The van der Waals surface area contributed by atoms with E-state index >= 15 is 0 Å². The van der Waals surface area contributed by atoms with Gasteiger partial charge in [0.05, 0.1) is 11.4 Å². The second-order valence-electron chi connectivity index (χ2n) is 6.73. The van der Waals surface area contributed by atoms with Gasteiger partial charge in [0.15, 0.2) is 17.1 Å². The number of nitrogens with one attached hydrogen (secondary N) is 1. The number of nitrogens with zero attached hydrogens (tertiary/aromatic N) is 4. The van der Waals surface area contributed by atoms with Crippen LogP contribution in [0.25, 0.3) is 16.9 Å². The quantitative estimate of drug-likeness (QED) is 0.464. The maximum Gasteiger partial charge on any atom is 0.231 e. The van der Waals surface area contributed by atoms with Gasteiger partial charge in [0.2, 0.25) is 17.9 Å². The molecule has 2 aromatic heterocycles. The fourth-order valence-corrected chi connectivity index (χ4v) is 3.78. The lowest BCUT2D eigenvalue weighted by molar-refractivity contribution is -0.118. The van der Waals surface area contributed by atoms with Crippen LogP contribution in [0.15, 0.2) is 59.8 Å². The molecule has 156 valence electrons. The fourth-order valence-electron chi connectivity index (χ4n) is 3.07. The lowest BCUT2D eigenvalue weighted by atomic mass is 10.1. The van der Waals surface area contributed by atoms with Gasteiger partial charge in [0, 0.05) is 12.1 Å². The van der Waals surface area contributed by atoms with Crippen molar-refractivity contribution in [2.45, 2.75) is 11.7 Å². The molecule has 0 saturated carbocycles. The molecule has 1 N–H and O–H groups in total. The molecule has 0 bridgehead atoms. The third kappa shape index (κ3) is 4.15. The summed E-state index contributed by atoms with van der Waals surface area (Å²) in [6, 6.07) is 15.2. The van der Waals surface area contributed by atoms with E-state index in [0.29, 0.717) is 34.5 Å². The van der Waals surface area contributed by atoms with Crippen LogP contribution >= 0.6 is 11.8 Å². The van der Waals surface area contributed by atoms with Crippen molar-refractivity contribution in [1.82, 2.24) is 25.1 Å². The number of ether oxygens (including phenoxy) is 2. The Balaban J connectivity index is 1.23. The molecular weight excluding hydrogens is 421 g/mol. The minimum atomic E-state index is -0.308. The molecule has 0 atom stereocenters. The van der Waals surface area contributed by atoms with Crippen molar-refractivity contribution in [3.05, 3.63) is 66.0 Å². The summed E-state index contributed by atoms with van der Waals surface area (Å²) >= 11 is 1.24. The number of hydrogen-bond acceptors (Lipinski definition) is 7. The molecule has 0 saturated heterocycles. The Bertz CT molecular complexity index is 1260. The average Bonchev–Trinajstić information content (AvgIpc) is 3.42. The number of aromatic nitrogens is 4. The standard InChI is InChI=1S/C21H16FN5O3S/c22-15-4-2-14(3-5-15)16-6-8-19-24-25-21(27(19)26-16)31-11-20(28)23-10-13-1-7-17-18(9-13)30-12-29-17/h1-9H,10-12H2,(H,23,28). The number of amides is 1. The maximum atomic E-state index is 13.2. The van der Waals surface area contributed by atoms with E-state index in [1.54, 1.807) is 28.8 Å². The first-order valence-electron chi connectivity index (χ1n) is 9.42. The highest BCUT2D eigenvalue weighted by Crippen LogP contribution is 2.32. The Morgan fingerprint density at radius 3 is 2.77 bits per heavy atom. The predicted octanol–water partition coefficient (Wildman–Crippen LogP) is 3.07. The molecule has 0 spiro atoms. The average molecular weight is 437 g/mol. The predicted molar refractivity (Wildman–Crippen MR) is 111 cm³/mol. The monoisotopic (exact) mass is 437 g/mol. The number of carbonyl (C=O) groups excluding carboxylic acids is 1. The largest absolute Gasteiger partial charge is 0.454 e. The number of hydrogen-bond donors (Lipinski definition) is 1. The number of benzene rings is 2. The molecule has 0 radical (unpaired) electrons. The van der Waals surface area contributed by atoms with Crippen LogP contribution in [0.5, 0.6) is 11.5 Å².